The number of pyridine rings is 1. The molecule has 88 valence electrons. The van der Waals surface area contributed by atoms with E-state index in [1.807, 2.05) is 12.1 Å². The molecule has 1 saturated carbocycles. The lowest BCUT2D eigenvalue weighted by Crippen LogP contribution is -2.20. The predicted octanol–water partition coefficient (Wildman–Crippen LogP) is 2.77. The van der Waals surface area contributed by atoms with Gasteiger partial charge in [0.15, 0.2) is 0 Å². The van der Waals surface area contributed by atoms with Gasteiger partial charge < -0.3 is 4.74 Å². The second-order valence-electron chi connectivity index (χ2n) is 4.04. The Morgan fingerprint density at radius 2 is 2.12 bits per heavy atom. The summed E-state index contributed by atoms with van der Waals surface area (Å²) < 4.78 is 5.89. The minimum Gasteiger partial charge on any atom is -0.473 e. The van der Waals surface area contributed by atoms with Crippen LogP contribution in [0.2, 0.25) is 0 Å². The van der Waals surface area contributed by atoms with Crippen molar-refractivity contribution in [3.63, 3.8) is 0 Å². The molecule has 0 saturated heterocycles. The second kappa shape index (κ2) is 5.70. The highest BCUT2D eigenvalue weighted by molar-refractivity contribution is 5.50. The highest BCUT2D eigenvalue weighted by atomic mass is 16.6. The first-order valence-corrected chi connectivity index (χ1v) is 5.81. The van der Waals surface area contributed by atoms with Crippen LogP contribution in [0.15, 0.2) is 18.3 Å². The summed E-state index contributed by atoms with van der Waals surface area (Å²) >= 11 is 0. The van der Waals surface area contributed by atoms with Gasteiger partial charge in [-0.2, -0.15) is 0 Å². The number of aromatic nitrogens is 1. The zero-order valence-electron chi connectivity index (χ0n) is 9.61. The molecule has 0 bridgehead atoms. The topological polar surface area (TPSA) is 43.4 Å². The standard InChI is InChI=1S/C12H18N2O2/c1-15-14-11-8-5-9-13-12(11)16-10-6-3-2-4-7-10/h5,8-10,14H,2-4,6-7H2,1H3. The summed E-state index contributed by atoms with van der Waals surface area (Å²) in [6.07, 6.45) is 8.13. The number of hydrogen-bond donors (Lipinski definition) is 1. The fraction of sp³-hybridized carbons (Fsp3) is 0.583. The Hall–Kier alpha value is -1.29. The van der Waals surface area contributed by atoms with E-state index in [-0.39, 0.29) is 0 Å². The zero-order valence-corrected chi connectivity index (χ0v) is 9.61. The summed E-state index contributed by atoms with van der Waals surface area (Å²) in [5.41, 5.74) is 3.57. The molecule has 0 unspecified atom stereocenters. The number of rotatable bonds is 4. The van der Waals surface area contributed by atoms with E-state index in [4.69, 9.17) is 9.57 Å². The Morgan fingerprint density at radius 1 is 1.31 bits per heavy atom. The van der Waals surface area contributed by atoms with Crippen molar-refractivity contribution in [2.45, 2.75) is 38.2 Å². The molecule has 0 atom stereocenters. The summed E-state index contributed by atoms with van der Waals surface area (Å²) in [7, 11) is 1.58. The molecule has 4 heteroatoms. The number of anilines is 1. The third-order valence-electron chi connectivity index (χ3n) is 2.81. The van der Waals surface area contributed by atoms with Gasteiger partial charge in [0.2, 0.25) is 5.88 Å². The van der Waals surface area contributed by atoms with Crippen molar-refractivity contribution in [3.05, 3.63) is 18.3 Å². The maximum Gasteiger partial charge on any atom is 0.239 e. The van der Waals surface area contributed by atoms with Crippen LogP contribution in [0.1, 0.15) is 32.1 Å². The highest BCUT2D eigenvalue weighted by Gasteiger charge is 2.16. The molecular weight excluding hydrogens is 204 g/mol. The van der Waals surface area contributed by atoms with Crippen LogP contribution in [0.3, 0.4) is 0 Å². The number of hydrogen-bond acceptors (Lipinski definition) is 4. The summed E-state index contributed by atoms with van der Waals surface area (Å²) in [4.78, 5) is 9.11. The van der Waals surface area contributed by atoms with Gasteiger partial charge in [-0.05, 0) is 37.8 Å². The Kier molecular flexibility index (Phi) is 3.99. The van der Waals surface area contributed by atoms with Gasteiger partial charge in [-0.25, -0.2) is 4.98 Å². The van der Waals surface area contributed by atoms with E-state index >= 15 is 0 Å². The van der Waals surface area contributed by atoms with Crippen LogP contribution >= 0.6 is 0 Å². The van der Waals surface area contributed by atoms with E-state index < -0.39 is 0 Å². The number of nitrogens with one attached hydrogen (secondary N) is 1. The first-order chi connectivity index (χ1) is 7.90. The third kappa shape index (κ3) is 2.85. The van der Waals surface area contributed by atoms with E-state index in [2.05, 4.69) is 10.5 Å². The maximum atomic E-state index is 5.89. The fourth-order valence-corrected chi connectivity index (χ4v) is 2.01. The lowest BCUT2D eigenvalue weighted by atomic mass is 9.98. The van der Waals surface area contributed by atoms with Crippen molar-refractivity contribution in [2.75, 3.05) is 12.6 Å². The van der Waals surface area contributed by atoms with Gasteiger partial charge in [0.25, 0.3) is 0 Å². The molecular formula is C12H18N2O2. The SMILES string of the molecule is CONc1cccnc1OC1CCCCC1. The van der Waals surface area contributed by atoms with Crippen LogP contribution in [-0.4, -0.2) is 18.2 Å². The molecule has 1 aromatic rings. The molecule has 1 aliphatic rings. The van der Waals surface area contributed by atoms with Crippen LogP contribution in [-0.2, 0) is 4.84 Å². The van der Waals surface area contributed by atoms with Crippen molar-refractivity contribution in [1.29, 1.82) is 0 Å². The van der Waals surface area contributed by atoms with Crippen molar-refractivity contribution >= 4 is 5.69 Å². The average Bonchev–Trinajstić information content (AvgIpc) is 2.33. The van der Waals surface area contributed by atoms with E-state index in [1.54, 1.807) is 13.3 Å². The van der Waals surface area contributed by atoms with Crippen LogP contribution in [0.4, 0.5) is 5.69 Å². The third-order valence-corrected chi connectivity index (χ3v) is 2.81. The molecule has 1 N–H and O–H groups in total. The minimum atomic E-state index is 0.307. The highest BCUT2D eigenvalue weighted by Crippen LogP contribution is 2.26. The van der Waals surface area contributed by atoms with Crippen molar-refractivity contribution in [1.82, 2.24) is 4.98 Å². The molecule has 1 aliphatic carbocycles. The average molecular weight is 222 g/mol. The van der Waals surface area contributed by atoms with Gasteiger partial charge in [-0.3, -0.25) is 10.3 Å². The van der Waals surface area contributed by atoms with E-state index in [9.17, 15) is 0 Å². The zero-order chi connectivity index (χ0) is 11.2. The molecule has 1 aromatic heterocycles. The summed E-state index contributed by atoms with van der Waals surface area (Å²) in [6.45, 7) is 0. The summed E-state index contributed by atoms with van der Waals surface area (Å²) in [5, 5.41) is 0. The molecule has 4 nitrogen and oxygen atoms in total. The van der Waals surface area contributed by atoms with E-state index in [0.717, 1.165) is 18.5 Å². The van der Waals surface area contributed by atoms with Crippen LogP contribution < -0.4 is 10.2 Å². The lowest BCUT2D eigenvalue weighted by Gasteiger charge is -2.23. The molecule has 2 rings (SSSR count). The largest absolute Gasteiger partial charge is 0.473 e. The quantitative estimate of drug-likeness (QED) is 0.795. The smallest absolute Gasteiger partial charge is 0.239 e. The normalized spacial score (nSPS) is 17.1. The molecule has 0 radical (unpaired) electrons. The van der Waals surface area contributed by atoms with Crippen LogP contribution in [0.5, 0.6) is 5.88 Å². The predicted molar refractivity (Wildman–Crippen MR) is 62.4 cm³/mol. The Labute approximate surface area is 95.9 Å². The Bertz CT molecular complexity index is 325. The summed E-state index contributed by atoms with van der Waals surface area (Å²) in [6, 6.07) is 3.75. The molecule has 0 aliphatic heterocycles. The molecule has 0 spiro atoms. The van der Waals surface area contributed by atoms with Gasteiger partial charge >= 0.3 is 0 Å². The second-order valence-corrected chi connectivity index (χ2v) is 4.04. The molecule has 1 heterocycles. The Balaban J connectivity index is 2.01. The number of nitrogens with zero attached hydrogens (tertiary/aromatic N) is 1. The first-order valence-electron chi connectivity index (χ1n) is 5.81. The fourth-order valence-electron chi connectivity index (χ4n) is 2.01. The van der Waals surface area contributed by atoms with Crippen molar-refractivity contribution < 1.29 is 9.57 Å². The van der Waals surface area contributed by atoms with Gasteiger partial charge in [0.05, 0.1) is 7.11 Å². The van der Waals surface area contributed by atoms with E-state index in [0.29, 0.717) is 12.0 Å². The van der Waals surface area contributed by atoms with Crippen LogP contribution in [0, 0.1) is 0 Å². The van der Waals surface area contributed by atoms with Gasteiger partial charge in [0.1, 0.15) is 11.8 Å². The van der Waals surface area contributed by atoms with Gasteiger partial charge in [-0.15, -0.1) is 0 Å². The monoisotopic (exact) mass is 222 g/mol. The van der Waals surface area contributed by atoms with Crippen molar-refractivity contribution in [2.24, 2.45) is 0 Å². The molecule has 0 amide bonds. The van der Waals surface area contributed by atoms with Gasteiger partial charge in [0, 0.05) is 6.20 Å². The van der Waals surface area contributed by atoms with E-state index in [1.165, 1.54) is 19.3 Å². The minimum absolute atomic E-state index is 0.307. The number of ether oxygens (including phenoxy) is 1. The molecule has 1 fully saturated rings. The van der Waals surface area contributed by atoms with Gasteiger partial charge in [-0.1, -0.05) is 6.42 Å². The summed E-state index contributed by atoms with van der Waals surface area (Å²) in [5.74, 6) is 0.635. The first kappa shape index (κ1) is 11.2. The maximum absolute atomic E-state index is 5.89. The van der Waals surface area contributed by atoms with Crippen molar-refractivity contribution in [3.8, 4) is 5.88 Å². The molecule has 0 aromatic carbocycles. The Morgan fingerprint density at radius 3 is 2.88 bits per heavy atom. The lowest BCUT2D eigenvalue weighted by molar-refractivity contribution is 0.148. The molecule has 16 heavy (non-hydrogen) atoms. The van der Waals surface area contributed by atoms with Crippen LogP contribution in [0.25, 0.3) is 0 Å².